The Hall–Kier alpha value is -1.99. The van der Waals surface area contributed by atoms with Crippen molar-refractivity contribution in [1.82, 2.24) is 15.3 Å². The van der Waals surface area contributed by atoms with Crippen molar-refractivity contribution < 1.29 is 4.79 Å². The molecular formula is C10H11N5OS. The van der Waals surface area contributed by atoms with Crippen LogP contribution in [0.3, 0.4) is 0 Å². The highest BCUT2D eigenvalue weighted by Crippen LogP contribution is 2.07. The summed E-state index contributed by atoms with van der Waals surface area (Å²) in [5, 5.41) is 5.50. The topological polar surface area (TPSA) is 92.9 Å². The molecule has 0 aliphatic rings. The molecule has 0 bridgehead atoms. The fourth-order valence-corrected chi connectivity index (χ4v) is 1.80. The molecule has 1 amide bonds. The van der Waals surface area contributed by atoms with E-state index in [9.17, 15) is 4.79 Å². The highest BCUT2D eigenvalue weighted by atomic mass is 32.1. The molecule has 0 aliphatic carbocycles. The predicted molar refractivity (Wildman–Crippen MR) is 65.3 cm³/mol. The van der Waals surface area contributed by atoms with Crippen LogP contribution in [0.4, 0.5) is 5.82 Å². The number of hydrazine groups is 1. The molecule has 0 aromatic carbocycles. The van der Waals surface area contributed by atoms with Gasteiger partial charge in [0.1, 0.15) is 10.8 Å². The SMILES string of the molecule is NNc1cc(C(=O)NCc2nccs2)ccn1. The summed E-state index contributed by atoms with van der Waals surface area (Å²) in [6.07, 6.45) is 3.22. The smallest absolute Gasteiger partial charge is 0.251 e. The van der Waals surface area contributed by atoms with Gasteiger partial charge >= 0.3 is 0 Å². The summed E-state index contributed by atoms with van der Waals surface area (Å²) in [6.45, 7) is 0.421. The van der Waals surface area contributed by atoms with Crippen molar-refractivity contribution in [2.24, 2.45) is 5.84 Å². The average Bonchev–Trinajstić information content (AvgIpc) is 2.89. The molecule has 17 heavy (non-hydrogen) atoms. The van der Waals surface area contributed by atoms with Crippen LogP contribution in [-0.2, 0) is 6.54 Å². The molecule has 0 saturated heterocycles. The van der Waals surface area contributed by atoms with E-state index in [2.05, 4.69) is 20.7 Å². The number of hydrogen-bond acceptors (Lipinski definition) is 6. The Morgan fingerprint density at radius 3 is 3.00 bits per heavy atom. The molecule has 0 aliphatic heterocycles. The number of anilines is 1. The molecule has 0 fully saturated rings. The minimum Gasteiger partial charge on any atom is -0.346 e. The monoisotopic (exact) mass is 249 g/mol. The molecule has 6 nitrogen and oxygen atoms in total. The van der Waals surface area contributed by atoms with Crippen LogP contribution in [0.2, 0.25) is 0 Å². The second-order valence-electron chi connectivity index (χ2n) is 3.18. The van der Waals surface area contributed by atoms with Crippen LogP contribution >= 0.6 is 11.3 Å². The lowest BCUT2D eigenvalue weighted by Gasteiger charge is -2.04. The zero-order valence-electron chi connectivity index (χ0n) is 8.88. The van der Waals surface area contributed by atoms with Crippen LogP contribution in [0.15, 0.2) is 29.9 Å². The molecule has 2 aromatic heterocycles. The first-order chi connectivity index (χ1) is 8.29. The Balaban J connectivity index is 1.99. The van der Waals surface area contributed by atoms with Crippen LogP contribution in [0.25, 0.3) is 0 Å². The quantitative estimate of drug-likeness (QED) is 0.549. The van der Waals surface area contributed by atoms with Crippen molar-refractivity contribution >= 4 is 23.1 Å². The van der Waals surface area contributed by atoms with Gasteiger partial charge in [0.15, 0.2) is 0 Å². The fourth-order valence-electron chi connectivity index (χ4n) is 1.25. The number of nitrogens with two attached hydrogens (primary N) is 1. The lowest BCUT2D eigenvalue weighted by Crippen LogP contribution is -2.23. The van der Waals surface area contributed by atoms with Gasteiger partial charge in [-0.3, -0.25) is 4.79 Å². The largest absolute Gasteiger partial charge is 0.346 e. The van der Waals surface area contributed by atoms with Crippen LogP contribution < -0.4 is 16.6 Å². The van der Waals surface area contributed by atoms with Crippen LogP contribution in [-0.4, -0.2) is 15.9 Å². The number of rotatable bonds is 4. The molecule has 0 atom stereocenters. The van der Waals surface area contributed by atoms with Crippen molar-refractivity contribution in [3.8, 4) is 0 Å². The Labute approximate surface area is 102 Å². The lowest BCUT2D eigenvalue weighted by molar-refractivity contribution is 0.0951. The molecule has 4 N–H and O–H groups in total. The van der Waals surface area contributed by atoms with E-state index in [0.717, 1.165) is 5.01 Å². The standard InChI is InChI=1S/C10H11N5OS/c11-15-8-5-7(1-2-12-8)10(16)14-6-9-13-3-4-17-9/h1-5H,6,11H2,(H,12,15)(H,14,16). The molecule has 0 spiro atoms. The number of hydrogen-bond donors (Lipinski definition) is 3. The van der Waals surface area contributed by atoms with Crippen molar-refractivity contribution in [1.29, 1.82) is 0 Å². The summed E-state index contributed by atoms with van der Waals surface area (Å²) in [6, 6.07) is 3.20. The third-order valence-corrected chi connectivity index (χ3v) is 2.83. The van der Waals surface area contributed by atoms with Crippen molar-refractivity contribution in [2.75, 3.05) is 5.43 Å². The van der Waals surface area contributed by atoms with E-state index in [-0.39, 0.29) is 5.91 Å². The maximum Gasteiger partial charge on any atom is 0.251 e. The van der Waals surface area contributed by atoms with E-state index in [4.69, 9.17) is 5.84 Å². The zero-order valence-corrected chi connectivity index (χ0v) is 9.70. The first kappa shape index (κ1) is 11.5. The second kappa shape index (κ2) is 5.37. The molecule has 2 aromatic rings. The van der Waals surface area contributed by atoms with Gasteiger partial charge in [0, 0.05) is 23.3 Å². The number of carbonyl (C=O) groups excluding carboxylic acids is 1. The van der Waals surface area contributed by atoms with Crippen molar-refractivity contribution in [2.45, 2.75) is 6.54 Å². The number of carbonyl (C=O) groups is 1. The Morgan fingerprint density at radius 2 is 2.29 bits per heavy atom. The lowest BCUT2D eigenvalue weighted by atomic mass is 10.2. The van der Waals surface area contributed by atoms with E-state index in [1.54, 1.807) is 18.3 Å². The Morgan fingerprint density at radius 1 is 1.41 bits per heavy atom. The van der Waals surface area contributed by atoms with Gasteiger partial charge in [-0.1, -0.05) is 0 Å². The Kier molecular flexibility index (Phi) is 3.63. The van der Waals surface area contributed by atoms with Crippen LogP contribution in [0.5, 0.6) is 0 Å². The van der Waals surface area contributed by atoms with Gasteiger partial charge in [0.05, 0.1) is 6.54 Å². The summed E-state index contributed by atoms with van der Waals surface area (Å²) in [4.78, 5) is 19.8. The minimum absolute atomic E-state index is 0.181. The second-order valence-corrected chi connectivity index (χ2v) is 4.16. The number of amides is 1. The highest BCUT2D eigenvalue weighted by Gasteiger charge is 2.06. The molecule has 88 valence electrons. The van der Waals surface area contributed by atoms with E-state index in [1.165, 1.54) is 17.5 Å². The minimum atomic E-state index is -0.181. The third-order valence-electron chi connectivity index (χ3n) is 2.05. The van der Waals surface area contributed by atoms with Gasteiger partial charge in [0.25, 0.3) is 5.91 Å². The molecule has 2 heterocycles. The van der Waals surface area contributed by atoms with E-state index in [1.807, 2.05) is 5.38 Å². The van der Waals surface area contributed by atoms with Crippen molar-refractivity contribution in [3.63, 3.8) is 0 Å². The molecule has 0 radical (unpaired) electrons. The normalized spacial score (nSPS) is 9.94. The average molecular weight is 249 g/mol. The summed E-state index contributed by atoms with van der Waals surface area (Å²) in [5.74, 6) is 5.49. The number of nitrogen functional groups attached to an aromatic ring is 1. The van der Waals surface area contributed by atoms with Crippen LogP contribution in [0, 0.1) is 0 Å². The van der Waals surface area contributed by atoms with Gasteiger partial charge in [-0.15, -0.1) is 11.3 Å². The summed E-state index contributed by atoms with van der Waals surface area (Å²) in [7, 11) is 0. The maximum atomic E-state index is 11.8. The number of thiazole rings is 1. The fraction of sp³-hybridized carbons (Fsp3) is 0.100. The molecular weight excluding hydrogens is 238 g/mol. The number of nitrogens with zero attached hydrogens (tertiary/aromatic N) is 2. The summed E-state index contributed by atoms with van der Waals surface area (Å²) >= 11 is 1.50. The molecule has 0 saturated carbocycles. The number of pyridine rings is 1. The first-order valence-corrected chi connectivity index (χ1v) is 5.77. The van der Waals surface area contributed by atoms with Gasteiger partial charge in [-0.2, -0.15) is 0 Å². The van der Waals surface area contributed by atoms with E-state index in [0.29, 0.717) is 17.9 Å². The third kappa shape index (κ3) is 2.99. The van der Waals surface area contributed by atoms with E-state index >= 15 is 0 Å². The first-order valence-electron chi connectivity index (χ1n) is 4.89. The summed E-state index contributed by atoms with van der Waals surface area (Å²) < 4.78 is 0. The predicted octanol–water partition coefficient (Wildman–Crippen LogP) is 0.754. The Bertz CT molecular complexity index is 499. The highest BCUT2D eigenvalue weighted by molar-refractivity contribution is 7.09. The van der Waals surface area contributed by atoms with Gasteiger partial charge in [-0.25, -0.2) is 15.8 Å². The molecule has 2 rings (SSSR count). The summed E-state index contributed by atoms with van der Waals surface area (Å²) in [5.41, 5.74) is 2.89. The number of aromatic nitrogens is 2. The zero-order chi connectivity index (χ0) is 12.1. The maximum absolute atomic E-state index is 11.8. The number of nitrogens with one attached hydrogen (secondary N) is 2. The van der Waals surface area contributed by atoms with Crippen LogP contribution in [0.1, 0.15) is 15.4 Å². The molecule has 7 heteroatoms. The van der Waals surface area contributed by atoms with Crippen molar-refractivity contribution in [3.05, 3.63) is 40.5 Å². The van der Waals surface area contributed by atoms with Gasteiger partial charge in [0.2, 0.25) is 0 Å². The molecule has 0 unspecified atom stereocenters. The van der Waals surface area contributed by atoms with E-state index < -0.39 is 0 Å². The van der Waals surface area contributed by atoms with Gasteiger partial charge in [-0.05, 0) is 12.1 Å². The van der Waals surface area contributed by atoms with Gasteiger partial charge < -0.3 is 10.7 Å².